The highest BCUT2D eigenvalue weighted by Crippen LogP contribution is 2.26. The zero-order chi connectivity index (χ0) is 11.9. The van der Waals surface area contributed by atoms with E-state index in [0.717, 1.165) is 27.6 Å². The second kappa shape index (κ2) is 3.47. The van der Waals surface area contributed by atoms with Crippen LogP contribution in [0.3, 0.4) is 0 Å². The molecule has 3 heteroatoms. The molecule has 1 N–H and O–H groups in total. The fraction of sp³-hybridized carbons (Fsp3) is 0. The Morgan fingerprint density at radius 1 is 1.00 bits per heavy atom. The van der Waals surface area contributed by atoms with Gasteiger partial charge in [-0.15, -0.1) is 0 Å². The van der Waals surface area contributed by atoms with Crippen molar-refractivity contribution in [2.45, 2.75) is 0 Å². The van der Waals surface area contributed by atoms with Gasteiger partial charge < -0.3 is 9.40 Å². The zero-order valence-corrected chi connectivity index (χ0v) is 9.55. The summed E-state index contributed by atoms with van der Waals surface area (Å²) >= 11 is 0. The molecule has 2 aromatic carbocycles. The predicted molar refractivity (Wildman–Crippen MR) is 71.3 cm³/mol. The van der Waals surface area contributed by atoms with Crippen LogP contribution in [0.5, 0.6) is 0 Å². The number of rotatable bonds is 1. The van der Waals surface area contributed by atoms with E-state index in [1.807, 2.05) is 48.7 Å². The van der Waals surface area contributed by atoms with Crippen molar-refractivity contribution in [1.82, 2.24) is 9.97 Å². The maximum absolute atomic E-state index is 5.76. The molecule has 0 fully saturated rings. The Bertz CT molecular complexity index is 809. The monoisotopic (exact) mass is 234 g/mol. The fourth-order valence-corrected chi connectivity index (χ4v) is 2.18. The highest BCUT2D eigenvalue weighted by molar-refractivity contribution is 5.85. The standard InChI is InChI=1S/C15H10N2O/c1-2-4-14-13(3-1)17-15(18-14)11-5-6-12-10(9-11)7-8-16-12/h1-9,16H. The number of aromatic nitrogens is 2. The van der Waals surface area contributed by atoms with Crippen molar-refractivity contribution in [3.63, 3.8) is 0 Å². The van der Waals surface area contributed by atoms with E-state index in [4.69, 9.17) is 4.42 Å². The summed E-state index contributed by atoms with van der Waals surface area (Å²) in [7, 11) is 0. The third-order valence-corrected chi connectivity index (χ3v) is 3.09. The molecule has 2 heterocycles. The quantitative estimate of drug-likeness (QED) is 0.541. The van der Waals surface area contributed by atoms with Crippen LogP contribution in [0.4, 0.5) is 0 Å². The molecule has 3 nitrogen and oxygen atoms in total. The molecule has 0 radical (unpaired) electrons. The summed E-state index contributed by atoms with van der Waals surface area (Å²) in [5, 5.41) is 1.16. The molecule has 4 aromatic rings. The van der Waals surface area contributed by atoms with Gasteiger partial charge in [0.15, 0.2) is 5.58 Å². The molecule has 0 atom stereocenters. The molecule has 0 saturated carbocycles. The first-order chi connectivity index (χ1) is 8.90. The Labute approximate surface area is 103 Å². The first-order valence-corrected chi connectivity index (χ1v) is 5.83. The van der Waals surface area contributed by atoms with E-state index in [1.165, 1.54) is 0 Å². The van der Waals surface area contributed by atoms with E-state index in [0.29, 0.717) is 5.89 Å². The number of hydrogen-bond donors (Lipinski definition) is 1. The lowest BCUT2D eigenvalue weighted by Crippen LogP contribution is -1.76. The van der Waals surface area contributed by atoms with E-state index in [1.54, 1.807) is 0 Å². The van der Waals surface area contributed by atoms with Gasteiger partial charge in [-0.05, 0) is 36.4 Å². The topological polar surface area (TPSA) is 41.8 Å². The van der Waals surface area contributed by atoms with E-state index in [2.05, 4.69) is 16.0 Å². The molecule has 2 aromatic heterocycles. The number of aromatic amines is 1. The molecule has 0 spiro atoms. The van der Waals surface area contributed by atoms with Crippen LogP contribution in [-0.2, 0) is 0 Å². The number of benzene rings is 2. The van der Waals surface area contributed by atoms with E-state index in [-0.39, 0.29) is 0 Å². The van der Waals surface area contributed by atoms with Gasteiger partial charge in [0, 0.05) is 22.7 Å². The second-order valence-corrected chi connectivity index (χ2v) is 4.27. The van der Waals surface area contributed by atoms with E-state index >= 15 is 0 Å². The lowest BCUT2D eigenvalue weighted by molar-refractivity contribution is 0.620. The normalized spacial score (nSPS) is 11.3. The third-order valence-electron chi connectivity index (χ3n) is 3.09. The molecule has 0 aliphatic rings. The fourth-order valence-electron chi connectivity index (χ4n) is 2.18. The number of oxazole rings is 1. The highest BCUT2D eigenvalue weighted by Gasteiger charge is 2.08. The summed E-state index contributed by atoms with van der Waals surface area (Å²) in [6.07, 6.45) is 1.93. The first-order valence-electron chi connectivity index (χ1n) is 5.83. The molecule has 0 bridgehead atoms. The van der Waals surface area contributed by atoms with Crippen LogP contribution < -0.4 is 0 Å². The smallest absolute Gasteiger partial charge is 0.227 e. The number of fused-ring (bicyclic) bond motifs is 2. The lowest BCUT2D eigenvalue weighted by Gasteiger charge is -1.95. The van der Waals surface area contributed by atoms with Crippen molar-refractivity contribution in [3.8, 4) is 11.5 Å². The summed E-state index contributed by atoms with van der Waals surface area (Å²) in [6.45, 7) is 0. The van der Waals surface area contributed by atoms with Crippen molar-refractivity contribution >= 4 is 22.0 Å². The zero-order valence-electron chi connectivity index (χ0n) is 9.55. The number of nitrogens with one attached hydrogen (secondary N) is 1. The largest absolute Gasteiger partial charge is 0.436 e. The summed E-state index contributed by atoms with van der Waals surface area (Å²) in [5.41, 5.74) is 3.83. The predicted octanol–water partition coefficient (Wildman–Crippen LogP) is 3.98. The van der Waals surface area contributed by atoms with Crippen molar-refractivity contribution < 1.29 is 4.42 Å². The molecule has 0 aliphatic heterocycles. The second-order valence-electron chi connectivity index (χ2n) is 4.27. The van der Waals surface area contributed by atoms with Crippen LogP contribution in [-0.4, -0.2) is 9.97 Å². The van der Waals surface area contributed by atoms with Gasteiger partial charge in [-0.25, -0.2) is 4.98 Å². The Balaban J connectivity index is 1.94. The van der Waals surface area contributed by atoms with Crippen molar-refractivity contribution in [2.75, 3.05) is 0 Å². The SMILES string of the molecule is c1ccc2oc(-c3ccc4[nH]ccc4c3)nc2c1. The van der Waals surface area contributed by atoms with E-state index < -0.39 is 0 Å². The molecule has 0 amide bonds. The molecule has 0 aliphatic carbocycles. The first kappa shape index (κ1) is 9.48. The molecule has 86 valence electrons. The average molecular weight is 234 g/mol. The molecular weight excluding hydrogens is 224 g/mol. The maximum atomic E-state index is 5.76. The van der Waals surface area contributed by atoms with Crippen molar-refractivity contribution in [2.24, 2.45) is 0 Å². The van der Waals surface area contributed by atoms with Crippen LogP contribution in [0.25, 0.3) is 33.5 Å². The third kappa shape index (κ3) is 1.34. The molecule has 0 saturated heterocycles. The van der Waals surface area contributed by atoms with Crippen LogP contribution >= 0.6 is 0 Å². The van der Waals surface area contributed by atoms with Gasteiger partial charge in [-0.3, -0.25) is 0 Å². The maximum Gasteiger partial charge on any atom is 0.227 e. The van der Waals surface area contributed by atoms with Gasteiger partial charge in [0.2, 0.25) is 5.89 Å². The van der Waals surface area contributed by atoms with Gasteiger partial charge in [0.25, 0.3) is 0 Å². The summed E-state index contributed by atoms with van der Waals surface area (Å²) in [4.78, 5) is 7.67. The molecule has 18 heavy (non-hydrogen) atoms. The van der Waals surface area contributed by atoms with Crippen LogP contribution in [0.15, 0.2) is 59.1 Å². The van der Waals surface area contributed by atoms with Gasteiger partial charge in [-0.1, -0.05) is 12.1 Å². The van der Waals surface area contributed by atoms with Gasteiger partial charge in [0.1, 0.15) is 5.52 Å². The molecule has 4 rings (SSSR count). The van der Waals surface area contributed by atoms with Gasteiger partial charge >= 0.3 is 0 Å². The number of nitrogens with zero attached hydrogens (tertiary/aromatic N) is 1. The Morgan fingerprint density at radius 2 is 1.94 bits per heavy atom. The summed E-state index contributed by atoms with van der Waals surface area (Å²) < 4.78 is 5.76. The number of H-pyrrole nitrogens is 1. The van der Waals surface area contributed by atoms with Crippen molar-refractivity contribution in [1.29, 1.82) is 0 Å². The number of hydrogen-bond acceptors (Lipinski definition) is 2. The van der Waals surface area contributed by atoms with Crippen molar-refractivity contribution in [3.05, 3.63) is 54.7 Å². The Hall–Kier alpha value is -2.55. The van der Waals surface area contributed by atoms with E-state index in [9.17, 15) is 0 Å². The minimum absolute atomic E-state index is 0.666. The Kier molecular flexibility index (Phi) is 1.83. The number of para-hydroxylation sites is 2. The van der Waals surface area contributed by atoms with Crippen LogP contribution in [0.2, 0.25) is 0 Å². The Morgan fingerprint density at radius 3 is 2.89 bits per heavy atom. The molecular formula is C15H10N2O. The van der Waals surface area contributed by atoms with Crippen LogP contribution in [0, 0.1) is 0 Å². The van der Waals surface area contributed by atoms with Gasteiger partial charge in [0.05, 0.1) is 0 Å². The molecule has 0 unspecified atom stereocenters. The minimum Gasteiger partial charge on any atom is -0.436 e. The van der Waals surface area contributed by atoms with Gasteiger partial charge in [-0.2, -0.15) is 0 Å². The lowest BCUT2D eigenvalue weighted by atomic mass is 10.1. The highest BCUT2D eigenvalue weighted by atomic mass is 16.3. The summed E-state index contributed by atoms with van der Waals surface area (Å²) in [5.74, 6) is 0.666. The summed E-state index contributed by atoms with van der Waals surface area (Å²) in [6, 6.07) is 16.0. The minimum atomic E-state index is 0.666. The average Bonchev–Trinajstić information content (AvgIpc) is 3.04. The van der Waals surface area contributed by atoms with Crippen LogP contribution in [0.1, 0.15) is 0 Å².